The average molecular weight is 654 g/mol. The van der Waals surface area contributed by atoms with Crippen molar-refractivity contribution in [3.05, 3.63) is 87.9 Å². The maximum Gasteiger partial charge on any atom is 0.269 e. The summed E-state index contributed by atoms with van der Waals surface area (Å²) in [4.78, 5) is 24.3. The number of ether oxygens (including phenoxy) is 1. The molecule has 0 saturated heterocycles. The van der Waals surface area contributed by atoms with E-state index >= 15 is 0 Å². The lowest BCUT2D eigenvalue weighted by atomic mass is 10.3. The summed E-state index contributed by atoms with van der Waals surface area (Å²) in [5.74, 6) is -0.0860. The van der Waals surface area contributed by atoms with Gasteiger partial charge in [-0.15, -0.1) is 20.4 Å². The molecular formula is C26H20ClN9O6S2. The number of sulfonamides is 1. The van der Waals surface area contributed by atoms with Crippen LogP contribution in [0, 0.1) is 10.1 Å². The second-order valence-corrected chi connectivity index (χ2v) is 11.8. The smallest absolute Gasteiger partial charge is 0.269 e. The van der Waals surface area contributed by atoms with E-state index in [2.05, 4.69) is 25.5 Å². The number of nitro benzene ring substituents is 1. The number of halogens is 1. The van der Waals surface area contributed by atoms with Gasteiger partial charge in [-0.1, -0.05) is 29.0 Å². The number of nitro groups is 1. The van der Waals surface area contributed by atoms with E-state index in [1.54, 1.807) is 24.3 Å². The van der Waals surface area contributed by atoms with Crippen LogP contribution < -0.4 is 14.8 Å². The lowest BCUT2D eigenvalue weighted by Crippen LogP contribution is -2.22. The highest BCUT2D eigenvalue weighted by molar-refractivity contribution is 7.89. The Morgan fingerprint density at radius 3 is 2.39 bits per heavy atom. The number of hydrogen-bond acceptors (Lipinski definition) is 12. The van der Waals surface area contributed by atoms with Gasteiger partial charge in [0, 0.05) is 24.1 Å². The van der Waals surface area contributed by atoms with E-state index in [1.165, 1.54) is 72.1 Å². The van der Waals surface area contributed by atoms with Gasteiger partial charge in [0.15, 0.2) is 16.5 Å². The van der Waals surface area contributed by atoms with E-state index < -0.39 is 20.9 Å². The van der Waals surface area contributed by atoms with Crippen molar-refractivity contribution >= 4 is 66.9 Å². The zero-order valence-electron chi connectivity index (χ0n) is 22.7. The Morgan fingerprint density at radius 2 is 1.80 bits per heavy atom. The predicted octanol–water partition coefficient (Wildman–Crippen LogP) is 5.71. The summed E-state index contributed by atoms with van der Waals surface area (Å²) in [6.07, 6.45) is 0. The molecule has 2 N–H and O–H groups in total. The van der Waals surface area contributed by atoms with E-state index in [4.69, 9.17) is 21.5 Å². The van der Waals surface area contributed by atoms with Crippen molar-refractivity contribution in [3.8, 4) is 22.1 Å². The largest absolute Gasteiger partial charge is 0.491 e. The van der Waals surface area contributed by atoms with E-state index in [1.807, 2.05) is 0 Å². The van der Waals surface area contributed by atoms with Crippen LogP contribution in [0.2, 0.25) is 5.02 Å². The third-order valence-corrected chi connectivity index (χ3v) is 8.02. The van der Waals surface area contributed by atoms with Gasteiger partial charge in [-0.25, -0.2) is 18.2 Å². The number of anilines is 2. The number of nitrogens with two attached hydrogens (primary N) is 1. The molecule has 0 unspecified atom stereocenters. The summed E-state index contributed by atoms with van der Waals surface area (Å²) in [7, 11) is -2.52. The highest BCUT2D eigenvalue weighted by atomic mass is 35.5. The molecule has 3 aromatic carbocycles. The van der Waals surface area contributed by atoms with Crippen LogP contribution in [0.15, 0.2) is 87.9 Å². The number of primary sulfonamides is 1. The van der Waals surface area contributed by atoms with Gasteiger partial charge in [-0.05, 0) is 54.6 Å². The standard InChI is InChI=1S/C26H20ClN9O6S2/c1-15(37)34(18-10-12-21(13-11-18)44(28,40)41)26-32-31-25(43-26)22-23(42-2)24(35(33-22)20-5-3-4-16(27)14-20)30-29-17-6-8-19(9-7-17)36(38)39/h3-14H,1-2H3,(H2,28,40,41). The molecule has 0 spiro atoms. The molecule has 0 bridgehead atoms. The number of non-ortho nitro benzene ring substituents is 1. The van der Waals surface area contributed by atoms with Crippen molar-refractivity contribution in [2.45, 2.75) is 11.8 Å². The number of azo groups is 1. The van der Waals surface area contributed by atoms with Gasteiger partial charge in [-0.2, -0.15) is 5.10 Å². The topological polar surface area (TPSA) is 201 Å². The number of nitrogens with zero attached hydrogens (tertiary/aromatic N) is 8. The van der Waals surface area contributed by atoms with Crippen LogP contribution in [0.5, 0.6) is 5.75 Å². The van der Waals surface area contributed by atoms with Gasteiger partial charge < -0.3 is 4.74 Å². The first kappa shape index (κ1) is 30.4. The van der Waals surface area contributed by atoms with Gasteiger partial charge in [0.05, 0.1) is 34.0 Å². The Kier molecular flexibility index (Phi) is 8.45. The molecule has 2 heterocycles. The molecule has 18 heteroatoms. The molecule has 15 nitrogen and oxygen atoms in total. The molecule has 224 valence electrons. The molecule has 0 aliphatic heterocycles. The van der Waals surface area contributed by atoms with Gasteiger partial charge in [-0.3, -0.25) is 19.8 Å². The van der Waals surface area contributed by atoms with Gasteiger partial charge in [0.2, 0.25) is 26.9 Å². The zero-order chi connectivity index (χ0) is 31.6. The zero-order valence-corrected chi connectivity index (χ0v) is 25.1. The summed E-state index contributed by atoms with van der Waals surface area (Å²) in [6.45, 7) is 1.32. The van der Waals surface area contributed by atoms with Gasteiger partial charge >= 0.3 is 0 Å². The van der Waals surface area contributed by atoms with Crippen LogP contribution in [0.3, 0.4) is 0 Å². The molecule has 5 aromatic rings. The fraction of sp³-hybridized carbons (Fsp3) is 0.0769. The molecule has 44 heavy (non-hydrogen) atoms. The Morgan fingerprint density at radius 1 is 1.09 bits per heavy atom. The van der Waals surface area contributed by atoms with Crippen molar-refractivity contribution in [2.24, 2.45) is 15.4 Å². The molecule has 0 atom stereocenters. The number of benzene rings is 3. The molecule has 0 radical (unpaired) electrons. The number of rotatable bonds is 9. The van der Waals surface area contributed by atoms with Gasteiger partial charge in [0.25, 0.3) is 5.69 Å². The highest BCUT2D eigenvalue weighted by Gasteiger charge is 2.27. The van der Waals surface area contributed by atoms with Crippen molar-refractivity contribution in [2.75, 3.05) is 12.0 Å². The second kappa shape index (κ2) is 12.3. The summed E-state index contributed by atoms with van der Waals surface area (Å²) in [5.41, 5.74) is 1.31. The maximum absolute atomic E-state index is 12.6. The maximum atomic E-state index is 12.6. The summed E-state index contributed by atoms with van der Waals surface area (Å²) in [6, 6.07) is 17.7. The number of aromatic nitrogens is 4. The van der Waals surface area contributed by atoms with Crippen LogP contribution in [0.4, 0.5) is 28.0 Å². The molecule has 5 rings (SSSR count). The second-order valence-electron chi connectivity index (χ2n) is 8.85. The van der Waals surface area contributed by atoms with Crippen molar-refractivity contribution in [1.29, 1.82) is 0 Å². The summed E-state index contributed by atoms with van der Waals surface area (Å²) < 4.78 is 30.4. The Bertz CT molecular complexity index is 2010. The molecule has 0 saturated carbocycles. The number of carbonyl (C=O) groups excluding carboxylic acids is 1. The SMILES string of the molecule is COc1c(-c2nnc(N(C(C)=O)c3ccc(S(N)(=O)=O)cc3)s2)nn(-c2cccc(Cl)c2)c1N=Nc1ccc([N+](=O)[O-])cc1. The molecule has 0 aliphatic rings. The third-order valence-electron chi connectivity index (χ3n) is 5.94. The number of methoxy groups -OCH3 is 1. The van der Waals surface area contributed by atoms with Crippen LogP contribution in [-0.2, 0) is 14.8 Å². The van der Waals surface area contributed by atoms with Crippen molar-refractivity contribution in [3.63, 3.8) is 0 Å². The molecule has 0 fully saturated rings. The van der Waals surface area contributed by atoms with Crippen LogP contribution in [0.25, 0.3) is 16.4 Å². The average Bonchev–Trinajstić information content (AvgIpc) is 3.61. The fourth-order valence-electron chi connectivity index (χ4n) is 3.96. The first-order chi connectivity index (χ1) is 21.0. The summed E-state index contributed by atoms with van der Waals surface area (Å²) in [5, 5.41) is 38.7. The van der Waals surface area contributed by atoms with E-state index in [0.29, 0.717) is 22.1 Å². The van der Waals surface area contributed by atoms with E-state index in [0.717, 1.165) is 11.3 Å². The van der Waals surface area contributed by atoms with Crippen LogP contribution in [0.1, 0.15) is 6.92 Å². The number of carbonyl (C=O) groups is 1. The Labute approximate surface area is 258 Å². The van der Waals surface area contributed by atoms with Crippen LogP contribution in [-0.4, -0.2) is 46.3 Å². The van der Waals surface area contributed by atoms with Crippen LogP contribution >= 0.6 is 22.9 Å². The quantitative estimate of drug-likeness (QED) is 0.117. The lowest BCUT2D eigenvalue weighted by molar-refractivity contribution is -0.384. The normalized spacial score (nSPS) is 11.5. The first-order valence-corrected chi connectivity index (χ1v) is 15.1. The van der Waals surface area contributed by atoms with E-state index in [9.17, 15) is 23.3 Å². The van der Waals surface area contributed by atoms with Crippen molar-refractivity contribution in [1.82, 2.24) is 20.0 Å². The number of hydrogen-bond donors (Lipinski definition) is 1. The minimum atomic E-state index is -3.93. The van der Waals surface area contributed by atoms with Gasteiger partial charge in [0.1, 0.15) is 0 Å². The first-order valence-electron chi connectivity index (χ1n) is 12.3. The Hall–Kier alpha value is -5.10. The molecule has 2 aromatic heterocycles. The minimum Gasteiger partial charge on any atom is -0.491 e. The van der Waals surface area contributed by atoms with Crippen molar-refractivity contribution < 1.29 is 22.9 Å². The van der Waals surface area contributed by atoms with E-state index in [-0.39, 0.29) is 38.0 Å². The lowest BCUT2D eigenvalue weighted by Gasteiger charge is -2.17. The predicted molar refractivity (Wildman–Crippen MR) is 162 cm³/mol. The fourth-order valence-corrected chi connectivity index (χ4v) is 5.55. The Balaban J connectivity index is 1.59. The molecule has 0 aliphatic carbocycles. The summed E-state index contributed by atoms with van der Waals surface area (Å²) >= 11 is 7.26. The molecular weight excluding hydrogens is 634 g/mol. The molecule has 1 amide bonds. The third kappa shape index (κ3) is 6.30. The monoisotopic (exact) mass is 653 g/mol. The highest BCUT2D eigenvalue weighted by Crippen LogP contribution is 2.43. The minimum absolute atomic E-state index is 0.0974. The number of amides is 1.